The highest BCUT2D eigenvalue weighted by Gasteiger charge is 2.15. The van der Waals surface area contributed by atoms with Crippen molar-refractivity contribution < 1.29 is 4.39 Å². The van der Waals surface area contributed by atoms with Gasteiger partial charge in [0.1, 0.15) is 5.82 Å². The van der Waals surface area contributed by atoms with E-state index in [4.69, 9.17) is 4.99 Å². The summed E-state index contributed by atoms with van der Waals surface area (Å²) in [5.74, 6) is 0.813. The number of halogens is 1. The van der Waals surface area contributed by atoms with Crippen molar-refractivity contribution in [2.45, 2.75) is 26.2 Å². The Kier molecular flexibility index (Phi) is 4.61. The zero-order valence-electron chi connectivity index (χ0n) is 13.0. The molecule has 1 saturated heterocycles. The molecule has 0 atom stereocenters. The lowest BCUT2D eigenvalue weighted by atomic mass is 10.1. The summed E-state index contributed by atoms with van der Waals surface area (Å²) < 4.78 is 13.2. The predicted molar refractivity (Wildman–Crippen MR) is 88.7 cm³/mol. The van der Waals surface area contributed by atoms with E-state index in [-0.39, 0.29) is 5.82 Å². The van der Waals surface area contributed by atoms with Crippen LogP contribution < -0.4 is 5.32 Å². The van der Waals surface area contributed by atoms with Gasteiger partial charge in [-0.15, -0.1) is 0 Å². The zero-order valence-corrected chi connectivity index (χ0v) is 13.0. The van der Waals surface area contributed by atoms with Crippen molar-refractivity contribution in [2.75, 3.05) is 26.2 Å². The number of guanidine groups is 1. The fourth-order valence-electron chi connectivity index (χ4n) is 3.00. The quantitative estimate of drug-likeness (QED) is 0.674. The fraction of sp³-hybridized carbons (Fsp3) is 0.471. The number of nitrogens with one attached hydrogen (secondary N) is 2. The van der Waals surface area contributed by atoms with Crippen molar-refractivity contribution in [3.8, 4) is 0 Å². The number of benzene rings is 1. The van der Waals surface area contributed by atoms with Gasteiger partial charge in [-0.2, -0.15) is 0 Å². The summed E-state index contributed by atoms with van der Waals surface area (Å²) in [6.45, 7) is 5.92. The van der Waals surface area contributed by atoms with Crippen LogP contribution in [0.15, 0.2) is 29.4 Å². The minimum atomic E-state index is -0.206. The van der Waals surface area contributed by atoms with Gasteiger partial charge in [-0.1, -0.05) is 0 Å². The Bertz CT molecular complexity index is 656. The Morgan fingerprint density at radius 2 is 2.18 bits per heavy atom. The van der Waals surface area contributed by atoms with Crippen molar-refractivity contribution in [3.63, 3.8) is 0 Å². The van der Waals surface area contributed by atoms with Crippen LogP contribution in [0.2, 0.25) is 0 Å². The predicted octanol–water partition coefficient (Wildman–Crippen LogP) is 2.91. The van der Waals surface area contributed by atoms with Crippen LogP contribution >= 0.6 is 0 Å². The van der Waals surface area contributed by atoms with Gasteiger partial charge in [-0.05, 0) is 49.9 Å². The van der Waals surface area contributed by atoms with E-state index in [2.05, 4.69) is 22.1 Å². The van der Waals surface area contributed by atoms with E-state index in [1.807, 2.05) is 12.3 Å². The number of rotatable bonds is 4. The average Bonchev–Trinajstić information content (AvgIpc) is 3.16. The lowest BCUT2D eigenvalue weighted by molar-refractivity contribution is 0.494. The third-order valence-electron chi connectivity index (χ3n) is 4.11. The maximum Gasteiger partial charge on any atom is 0.193 e. The number of hydrogen-bond acceptors (Lipinski definition) is 1. The third-order valence-corrected chi connectivity index (χ3v) is 4.11. The summed E-state index contributed by atoms with van der Waals surface area (Å²) >= 11 is 0. The van der Waals surface area contributed by atoms with Crippen molar-refractivity contribution >= 4 is 16.9 Å². The second kappa shape index (κ2) is 6.81. The molecular formula is C17H23FN4. The summed E-state index contributed by atoms with van der Waals surface area (Å²) in [6, 6.07) is 4.89. The summed E-state index contributed by atoms with van der Waals surface area (Å²) in [6.07, 6.45) is 5.31. The Balaban J connectivity index is 1.68. The van der Waals surface area contributed by atoms with Crippen LogP contribution in [-0.2, 0) is 6.42 Å². The highest BCUT2D eigenvalue weighted by Crippen LogP contribution is 2.19. The molecule has 2 heterocycles. The number of nitrogens with zero attached hydrogens (tertiary/aromatic N) is 2. The van der Waals surface area contributed by atoms with Crippen molar-refractivity contribution in [2.24, 2.45) is 4.99 Å². The zero-order chi connectivity index (χ0) is 15.4. The molecule has 118 valence electrons. The Hall–Kier alpha value is -2.04. The first-order chi connectivity index (χ1) is 10.8. The molecule has 1 aromatic carbocycles. The molecule has 1 fully saturated rings. The third kappa shape index (κ3) is 3.24. The lowest BCUT2D eigenvalue weighted by Crippen LogP contribution is -2.39. The lowest BCUT2D eigenvalue weighted by Gasteiger charge is -2.20. The van der Waals surface area contributed by atoms with E-state index in [0.29, 0.717) is 0 Å². The van der Waals surface area contributed by atoms with Gasteiger partial charge in [0.05, 0.1) is 0 Å². The SMILES string of the molecule is CCNC(=NCCc1c[nH]c2cc(F)ccc12)N1CCCC1. The van der Waals surface area contributed by atoms with E-state index in [0.717, 1.165) is 49.5 Å². The van der Waals surface area contributed by atoms with Gasteiger partial charge in [0.2, 0.25) is 0 Å². The Labute approximate surface area is 130 Å². The minimum Gasteiger partial charge on any atom is -0.361 e. The number of aromatic amines is 1. The normalized spacial score (nSPS) is 15.7. The topological polar surface area (TPSA) is 43.4 Å². The number of H-pyrrole nitrogens is 1. The molecule has 2 aromatic rings. The van der Waals surface area contributed by atoms with Gasteiger partial charge in [0.25, 0.3) is 0 Å². The van der Waals surface area contributed by atoms with Crippen molar-refractivity contribution in [3.05, 3.63) is 35.8 Å². The van der Waals surface area contributed by atoms with Crippen molar-refractivity contribution in [1.29, 1.82) is 0 Å². The maximum atomic E-state index is 13.2. The standard InChI is InChI=1S/C17H23FN4/c1-2-19-17(22-9-3-4-10-22)20-8-7-13-12-21-16-11-14(18)5-6-15(13)16/h5-6,11-12,21H,2-4,7-10H2,1H3,(H,19,20). The molecule has 0 unspecified atom stereocenters. The van der Waals surface area contributed by atoms with Gasteiger partial charge in [0, 0.05) is 43.3 Å². The molecule has 3 rings (SSSR count). The van der Waals surface area contributed by atoms with Gasteiger partial charge >= 0.3 is 0 Å². The van der Waals surface area contributed by atoms with Crippen molar-refractivity contribution in [1.82, 2.24) is 15.2 Å². The Morgan fingerprint density at radius 3 is 2.95 bits per heavy atom. The number of fused-ring (bicyclic) bond motifs is 1. The van der Waals surface area contributed by atoms with Gasteiger partial charge in [0.15, 0.2) is 5.96 Å². The molecule has 2 N–H and O–H groups in total. The molecule has 0 amide bonds. The summed E-state index contributed by atoms with van der Waals surface area (Å²) in [4.78, 5) is 10.2. The summed E-state index contributed by atoms with van der Waals surface area (Å²) in [5.41, 5.74) is 2.04. The van der Waals surface area contributed by atoms with Crippen LogP contribution in [0.1, 0.15) is 25.3 Å². The molecule has 5 heteroatoms. The molecule has 0 spiro atoms. The number of hydrogen-bond donors (Lipinski definition) is 2. The highest BCUT2D eigenvalue weighted by molar-refractivity contribution is 5.83. The molecule has 1 aromatic heterocycles. The number of aromatic nitrogens is 1. The van der Waals surface area contributed by atoms with Crippen LogP contribution in [0.25, 0.3) is 10.9 Å². The molecule has 4 nitrogen and oxygen atoms in total. The van der Waals surface area contributed by atoms with E-state index >= 15 is 0 Å². The molecular weight excluding hydrogens is 279 g/mol. The van der Waals surface area contributed by atoms with Gasteiger partial charge in [-0.25, -0.2) is 4.39 Å². The minimum absolute atomic E-state index is 0.206. The molecule has 22 heavy (non-hydrogen) atoms. The van der Waals surface area contributed by atoms with Gasteiger partial charge in [-0.3, -0.25) is 4.99 Å². The van der Waals surface area contributed by atoms with Crippen LogP contribution in [0.3, 0.4) is 0 Å². The van der Waals surface area contributed by atoms with E-state index in [9.17, 15) is 4.39 Å². The smallest absolute Gasteiger partial charge is 0.193 e. The second-order valence-electron chi connectivity index (χ2n) is 5.68. The molecule has 1 aliphatic heterocycles. The maximum absolute atomic E-state index is 13.2. The molecule has 0 bridgehead atoms. The fourth-order valence-corrected chi connectivity index (χ4v) is 3.00. The first-order valence-corrected chi connectivity index (χ1v) is 8.06. The first kappa shape index (κ1) is 14.9. The van der Waals surface area contributed by atoms with Gasteiger partial charge < -0.3 is 15.2 Å². The molecule has 0 aliphatic carbocycles. The van der Waals surface area contributed by atoms with Crippen LogP contribution in [0.4, 0.5) is 4.39 Å². The monoisotopic (exact) mass is 302 g/mol. The number of aliphatic imine (C=N–C) groups is 1. The molecule has 0 saturated carbocycles. The van der Waals surface area contributed by atoms with Crippen LogP contribution in [0.5, 0.6) is 0 Å². The summed E-state index contributed by atoms with van der Waals surface area (Å²) in [7, 11) is 0. The Morgan fingerprint density at radius 1 is 1.36 bits per heavy atom. The molecule has 1 aliphatic rings. The largest absolute Gasteiger partial charge is 0.361 e. The average molecular weight is 302 g/mol. The second-order valence-corrected chi connectivity index (χ2v) is 5.68. The highest BCUT2D eigenvalue weighted by atomic mass is 19.1. The first-order valence-electron chi connectivity index (χ1n) is 8.06. The van der Waals surface area contributed by atoms with E-state index in [1.54, 1.807) is 0 Å². The number of likely N-dealkylation sites (tertiary alicyclic amines) is 1. The van der Waals surface area contributed by atoms with Crippen LogP contribution in [-0.4, -0.2) is 42.0 Å². The molecule has 0 radical (unpaired) electrons. The van der Waals surface area contributed by atoms with E-state index < -0.39 is 0 Å². The summed E-state index contributed by atoms with van der Waals surface area (Å²) in [5, 5.41) is 4.45. The van der Waals surface area contributed by atoms with Crippen LogP contribution in [0, 0.1) is 5.82 Å². The van der Waals surface area contributed by atoms with E-state index in [1.165, 1.54) is 30.5 Å².